The summed E-state index contributed by atoms with van der Waals surface area (Å²) in [6, 6.07) is 12.4. The molecule has 3 heterocycles. The van der Waals surface area contributed by atoms with Crippen molar-refractivity contribution in [2.45, 2.75) is 26.3 Å². The van der Waals surface area contributed by atoms with E-state index in [4.69, 9.17) is 0 Å². The average Bonchev–Trinajstić information content (AvgIpc) is 2.67. The third kappa shape index (κ3) is 3.42. The molecule has 4 rings (SSSR count). The van der Waals surface area contributed by atoms with E-state index in [-0.39, 0.29) is 0 Å². The van der Waals surface area contributed by atoms with Crippen LogP contribution in [0, 0.1) is 6.92 Å². The number of hydrogen-bond donors (Lipinski definition) is 1. The Hall–Kier alpha value is -3.02. The van der Waals surface area contributed by atoms with Crippen molar-refractivity contribution in [3.63, 3.8) is 0 Å². The first kappa shape index (κ1) is 15.5. The molecule has 0 saturated carbocycles. The molecule has 3 aromatic rings. The van der Waals surface area contributed by atoms with E-state index in [1.165, 1.54) is 16.8 Å². The van der Waals surface area contributed by atoms with Crippen LogP contribution in [0.15, 0.2) is 48.9 Å². The van der Waals surface area contributed by atoms with Gasteiger partial charge in [0.2, 0.25) is 11.9 Å². The Kier molecular flexibility index (Phi) is 4.24. The predicted molar refractivity (Wildman–Crippen MR) is 97.9 cm³/mol. The lowest BCUT2D eigenvalue weighted by Gasteiger charge is -2.29. The lowest BCUT2D eigenvalue weighted by Crippen LogP contribution is -2.26. The smallest absolute Gasteiger partial charge is 0.234 e. The van der Waals surface area contributed by atoms with E-state index < -0.39 is 0 Å². The van der Waals surface area contributed by atoms with Crippen molar-refractivity contribution in [3.05, 3.63) is 65.7 Å². The van der Waals surface area contributed by atoms with Gasteiger partial charge in [-0.2, -0.15) is 4.98 Å². The fourth-order valence-corrected chi connectivity index (χ4v) is 3.11. The molecule has 0 saturated heterocycles. The van der Waals surface area contributed by atoms with E-state index in [1.807, 2.05) is 18.2 Å². The first-order chi connectivity index (χ1) is 12.3. The minimum atomic E-state index is 0.565. The number of hydrogen-bond acceptors (Lipinski definition) is 6. The SMILES string of the molecule is Cc1ccc2c(c1)CCCN2c1ncnc(NCc2ccccn2)n1. The van der Waals surface area contributed by atoms with Crippen LogP contribution in [-0.2, 0) is 13.0 Å². The van der Waals surface area contributed by atoms with E-state index in [1.54, 1.807) is 12.5 Å². The van der Waals surface area contributed by atoms with Gasteiger partial charge in [-0.15, -0.1) is 0 Å². The molecular formula is C19H20N6. The second-order valence-electron chi connectivity index (χ2n) is 6.17. The van der Waals surface area contributed by atoms with Crippen LogP contribution in [0.25, 0.3) is 0 Å². The monoisotopic (exact) mass is 332 g/mol. The summed E-state index contributed by atoms with van der Waals surface area (Å²) in [7, 11) is 0. The van der Waals surface area contributed by atoms with Gasteiger partial charge in [-0.25, -0.2) is 9.97 Å². The summed E-state index contributed by atoms with van der Waals surface area (Å²) in [5.74, 6) is 1.25. The summed E-state index contributed by atoms with van der Waals surface area (Å²) in [6.45, 7) is 3.63. The van der Waals surface area contributed by atoms with Crippen LogP contribution >= 0.6 is 0 Å². The van der Waals surface area contributed by atoms with Crippen LogP contribution in [0.1, 0.15) is 23.2 Å². The van der Waals surface area contributed by atoms with Gasteiger partial charge in [-0.05, 0) is 43.5 Å². The Balaban J connectivity index is 1.56. The summed E-state index contributed by atoms with van der Waals surface area (Å²) >= 11 is 0. The minimum Gasteiger partial charge on any atom is -0.348 e. The van der Waals surface area contributed by atoms with Crippen molar-refractivity contribution in [3.8, 4) is 0 Å². The number of anilines is 3. The number of aromatic nitrogens is 4. The predicted octanol–water partition coefficient (Wildman–Crippen LogP) is 3.27. The van der Waals surface area contributed by atoms with Gasteiger partial charge in [0.1, 0.15) is 6.33 Å². The van der Waals surface area contributed by atoms with Crippen molar-refractivity contribution >= 4 is 17.6 Å². The quantitative estimate of drug-likeness (QED) is 0.791. The number of fused-ring (bicyclic) bond motifs is 1. The Morgan fingerprint density at radius 2 is 2.08 bits per heavy atom. The summed E-state index contributed by atoms with van der Waals surface area (Å²) in [6.07, 6.45) is 5.54. The molecule has 1 N–H and O–H groups in total. The largest absolute Gasteiger partial charge is 0.348 e. The van der Waals surface area contributed by atoms with E-state index >= 15 is 0 Å². The summed E-state index contributed by atoms with van der Waals surface area (Å²) in [5.41, 5.74) is 4.78. The van der Waals surface area contributed by atoms with E-state index in [0.717, 1.165) is 25.1 Å². The first-order valence-electron chi connectivity index (χ1n) is 8.49. The van der Waals surface area contributed by atoms with Gasteiger partial charge in [0.15, 0.2) is 0 Å². The number of benzene rings is 1. The highest BCUT2D eigenvalue weighted by Crippen LogP contribution is 2.32. The highest BCUT2D eigenvalue weighted by atomic mass is 15.3. The third-order valence-electron chi connectivity index (χ3n) is 4.31. The zero-order valence-electron chi connectivity index (χ0n) is 14.2. The van der Waals surface area contributed by atoms with Crippen molar-refractivity contribution in [1.29, 1.82) is 0 Å². The van der Waals surface area contributed by atoms with Gasteiger partial charge in [-0.1, -0.05) is 23.8 Å². The lowest BCUT2D eigenvalue weighted by atomic mass is 10.00. The van der Waals surface area contributed by atoms with Crippen LogP contribution in [-0.4, -0.2) is 26.5 Å². The maximum Gasteiger partial charge on any atom is 0.234 e. The second kappa shape index (κ2) is 6.84. The molecule has 0 radical (unpaired) electrons. The molecule has 2 aromatic heterocycles. The molecule has 1 aliphatic rings. The standard InChI is InChI=1S/C19H20N6/c1-14-7-8-17-15(11-14)5-4-10-25(17)19-23-13-22-18(24-19)21-12-16-6-2-3-9-20-16/h2-3,6-9,11,13H,4-5,10,12H2,1H3,(H,21,22,23,24). The molecule has 1 aliphatic heterocycles. The van der Waals surface area contributed by atoms with Crippen molar-refractivity contribution in [2.24, 2.45) is 0 Å². The molecule has 0 fully saturated rings. The van der Waals surface area contributed by atoms with Crippen LogP contribution in [0.4, 0.5) is 17.6 Å². The van der Waals surface area contributed by atoms with Gasteiger partial charge in [-0.3, -0.25) is 4.98 Å². The fraction of sp³-hybridized carbons (Fsp3) is 0.263. The molecule has 25 heavy (non-hydrogen) atoms. The zero-order chi connectivity index (χ0) is 17.1. The maximum atomic E-state index is 4.60. The van der Waals surface area contributed by atoms with Crippen molar-refractivity contribution in [2.75, 3.05) is 16.8 Å². The Labute approximate surface area is 147 Å². The third-order valence-corrected chi connectivity index (χ3v) is 4.31. The zero-order valence-corrected chi connectivity index (χ0v) is 14.2. The van der Waals surface area contributed by atoms with Gasteiger partial charge in [0, 0.05) is 18.4 Å². The van der Waals surface area contributed by atoms with Crippen LogP contribution in [0.3, 0.4) is 0 Å². The maximum absolute atomic E-state index is 4.60. The Morgan fingerprint density at radius 1 is 1.12 bits per heavy atom. The number of pyridine rings is 1. The van der Waals surface area contributed by atoms with Crippen LogP contribution in [0.5, 0.6) is 0 Å². The van der Waals surface area contributed by atoms with Crippen molar-refractivity contribution < 1.29 is 0 Å². The number of nitrogens with zero attached hydrogens (tertiary/aromatic N) is 5. The molecule has 6 heteroatoms. The molecule has 6 nitrogen and oxygen atoms in total. The first-order valence-corrected chi connectivity index (χ1v) is 8.49. The average molecular weight is 332 g/mol. The molecule has 1 aromatic carbocycles. The van der Waals surface area contributed by atoms with Crippen LogP contribution in [0.2, 0.25) is 0 Å². The highest BCUT2D eigenvalue weighted by molar-refractivity contribution is 5.64. The summed E-state index contributed by atoms with van der Waals surface area (Å²) in [5, 5.41) is 3.22. The molecule has 0 atom stereocenters. The van der Waals surface area contributed by atoms with Crippen molar-refractivity contribution in [1.82, 2.24) is 19.9 Å². The molecule has 126 valence electrons. The van der Waals surface area contributed by atoms with E-state index in [0.29, 0.717) is 18.4 Å². The van der Waals surface area contributed by atoms with Crippen LogP contribution < -0.4 is 10.2 Å². The van der Waals surface area contributed by atoms with Gasteiger partial charge < -0.3 is 10.2 Å². The Bertz CT molecular complexity index is 865. The van der Waals surface area contributed by atoms with Gasteiger partial charge in [0.05, 0.1) is 12.2 Å². The van der Waals surface area contributed by atoms with E-state index in [9.17, 15) is 0 Å². The van der Waals surface area contributed by atoms with E-state index in [2.05, 4.69) is 55.3 Å². The molecule has 0 bridgehead atoms. The highest BCUT2D eigenvalue weighted by Gasteiger charge is 2.20. The summed E-state index contributed by atoms with van der Waals surface area (Å²) < 4.78 is 0. The minimum absolute atomic E-state index is 0.565. The number of rotatable bonds is 4. The molecule has 0 aliphatic carbocycles. The normalized spacial score (nSPS) is 13.4. The topological polar surface area (TPSA) is 66.8 Å². The summed E-state index contributed by atoms with van der Waals surface area (Å²) in [4.78, 5) is 19.7. The second-order valence-corrected chi connectivity index (χ2v) is 6.17. The number of nitrogens with one attached hydrogen (secondary N) is 1. The lowest BCUT2D eigenvalue weighted by molar-refractivity contribution is 0.746. The Morgan fingerprint density at radius 3 is 2.96 bits per heavy atom. The molecule has 0 amide bonds. The molecule has 0 spiro atoms. The van der Waals surface area contributed by atoms with Gasteiger partial charge in [0.25, 0.3) is 0 Å². The molecule has 0 unspecified atom stereocenters. The molecular weight excluding hydrogens is 312 g/mol. The number of aryl methyl sites for hydroxylation is 2. The fourth-order valence-electron chi connectivity index (χ4n) is 3.11. The van der Waals surface area contributed by atoms with Gasteiger partial charge >= 0.3 is 0 Å².